The quantitative estimate of drug-likeness (QED) is 0.860. The van der Waals surface area contributed by atoms with E-state index >= 15 is 0 Å². The van der Waals surface area contributed by atoms with Crippen molar-refractivity contribution in [3.8, 4) is 0 Å². The molecule has 2 rings (SSSR count). The largest absolute Gasteiger partial charge is 0.469 e. The van der Waals surface area contributed by atoms with E-state index in [1.54, 1.807) is 0 Å². The zero-order valence-corrected chi connectivity index (χ0v) is 10.4. The van der Waals surface area contributed by atoms with Crippen molar-refractivity contribution in [1.29, 1.82) is 0 Å². The van der Waals surface area contributed by atoms with Gasteiger partial charge in [-0.1, -0.05) is 6.07 Å². The lowest BCUT2D eigenvalue weighted by molar-refractivity contribution is -0.140. The number of esters is 1. The minimum atomic E-state index is -4.33. The molecule has 0 bridgehead atoms. The monoisotopic (exact) mass is 273 g/mol. The molecule has 1 N–H and O–H groups in total. The molecular weight excluding hydrogens is 259 g/mol. The summed E-state index contributed by atoms with van der Waals surface area (Å²) in [5, 5.41) is 2.95. The van der Waals surface area contributed by atoms with Crippen LogP contribution in [0.3, 0.4) is 0 Å². The van der Waals surface area contributed by atoms with Gasteiger partial charge in [-0.3, -0.25) is 4.79 Å². The van der Waals surface area contributed by atoms with Gasteiger partial charge in [0.05, 0.1) is 12.7 Å². The Bertz CT molecular complexity index is 485. The number of nitrogens with one attached hydrogen (secondary N) is 1. The van der Waals surface area contributed by atoms with Crippen LogP contribution in [0.15, 0.2) is 18.2 Å². The number of ether oxygens (including phenoxy) is 1. The Balaban J connectivity index is 2.11. The molecule has 1 atom stereocenters. The van der Waals surface area contributed by atoms with Gasteiger partial charge in [0.2, 0.25) is 0 Å². The number of alkyl halides is 3. The average molecular weight is 273 g/mol. The van der Waals surface area contributed by atoms with E-state index in [-0.39, 0.29) is 18.3 Å². The molecule has 1 aromatic rings. The van der Waals surface area contributed by atoms with Crippen molar-refractivity contribution in [2.75, 3.05) is 19.0 Å². The number of halogens is 3. The molecule has 0 amide bonds. The van der Waals surface area contributed by atoms with Crippen molar-refractivity contribution in [2.45, 2.75) is 24.9 Å². The van der Waals surface area contributed by atoms with Gasteiger partial charge < -0.3 is 10.1 Å². The fraction of sp³-hybridized carbons (Fsp3) is 0.462. The lowest BCUT2D eigenvalue weighted by Gasteiger charge is -2.11. The molecule has 1 aliphatic heterocycles. The average Bonchev–Trinajstić information content (AvgIpc) is 2.77. The van der Waals surface area contributed by atoms with Crippen molar-refractivity contribution in [3.05, 3.63) is 29.3 Å². The highest BCUT2D eigenvalue weighted by Gasteiger charge is 2.32. The number of carbonyl (C=O) groups is 1. The molecular formula is C13H14F3NO2. The van der Waals surface area contributed by atoms with E-state index < -0.39 is 11.7 Å². The molecule has 0 saturated carbocycles. The second-order valence-corrected chi connectivity index (χ2v) is 4.49. The highest BCUT2D eigenvalue weighted by Crippen LogP contribution is 2.38. The minimum absolute atomic E-state index is 0.0522. The molecule has 0 radical (unpaired) electrons. The molecule has 1 aliphatic rings. The number of fused-ring (bicyclic) bond motifs is 1. The second-order valence-electron chi connectivity index (χ2n) is 4.49. The van der Waals surface area contributed by atoms with Crippen molar-refractivity contribution in [3.63, 3.8) is 0 Å². The molecule has 6 heteroatoms. The van der Waals surface area contributed by atoms with Gasteiger partial charge in [0, 0.05) is 24.6 Å². The SMILES string of the molecule is COC(=O)CCC1CNc2cc(C(F)(F)F)ccc21. The van der Waals surface area contributed by atoms with E-state index in [0.29, 0.717) is 18.7 Å². The van der Waals surface area contributed by atoms with E-state index in [9.17, 15) is 18.0 Å². The number of benzene rings is 1. The van der Waals surface area contributed by atoms with Gasteiger partial charge in [-0.2, -0.15) is 13.2 Å². The first-order chi connectivity index (χ1) is 8.91. The Morgan fingerprint density at radius 2 is 2.21 bits per heavy atom. The summed E-state index contributed by atoms with van der Waals surface area (Å²) in [6.07, 6.45) is -3.50. The maximum absolute atomic E-state index is 12.6. The summed E-state index contributed by atoms with van der Waals surface area (Å²) in [5.74, 6) is -0.253. The topological polar surface area (TPSA) is 38.3 Å². The van der Waals surface area contributed by atoms with Crippen molar-refractivity contribution in [1.82, 2.24) is 0 Å². The second kappa shape index (κ2) is 5.11. The van der Waals surface area contributed by atoms with Gasteiger partial charge in [0.25, 0.3) is 0 Å². The van der Waals surface area contributed by atoms with Crippen molar-refractivity contribution in [2.24, 2.45) is 0 Å². The molecule has 1 aromatic carbocycles. The zero-order chi connectivity index (χ0) is 14.0. The number of anilines is 1. The van der Waals surface area contributed by atoms with E-state index in [2.05, 4.69) is 10.1 Å². The highest BCUT2D eigenvalue weighted by molar-refractivity contribution is 5.69. The minimum Gasteiger partial charge on any atom is -0.469 e. The summed E-state index contributed by atoms with van der Waals surface area (Å²) in [6.45, 7) is 0.549. The summed E-state index contributed by atoms with van der Waals surface area (Å²) in [6, 6.07) is 3.69. The van der Waals surface area contributed by atoms with Crippen LogP contribution in [0.1, 0.15) is 29.9 Å². The fourth-order valence-electron chi connectivity index (χ4n) is 2.24. The summed E-state index contributed by atoms with van der Waals surface area (Å²) < 4.78 is 42.2. The highest BCUT2D eigenvalue weighted by atomic mass is 19.4. The maximum atomic E-state index is 12.6. The van der Waals surface area contributed by atoms with Crippen LogP contribution in [0.2, 0.25) is 0 Å². The molecule has 1 unspecified atom stereocenters. The van der Waals surface area contributed by atoms with Crippen LogP contribution in [-0.2, 0) is 15.7 Å². The summed E-state index contributed by atoms with van der Waals surface area (Å²) in [7, 11) is 1.32. The number of carbonyl (C=O) groups excluding carboxylic acids is 1. The molecule has 19 heavy (non-hydrogen) atoms. The zero-order valence-electron chi connectivity index (χ0n) is 10.4. The van der Waals surface area contributed by atoms with Gasteiger partial charge in [-0.05, 0) is 24.1 Å². The van der Waals surface area contributed by atoms with Crippen LogP contribution in [-0.4, -0.2) is 19.6 Å². The smallest absolute Gasteiger partial charge is 0.416 e. The van der Waals surface area contributed by atoms with Crippen LogP contribution in [0.5, 0.6) is 0 Å². The summed E-state index contributed by atoms with van der Waals surface area (Å²) in [4.78, 5) is 11.1. The lowest BCUT2D eigenvalue weighted by atomic mass is 9.95. The Morgan fingerprint density at radius 1 is 1.47 bits per heavy atom. The van der Waals surface area contributed by atoms with Crippen LogP contribution in [0.4, 0.5) is 18.9 Å². The summed E-state index contributed by atoms with van der Waals surface area (Å²) in [5.41, 5.74) is 0.675. The molecule has 0 saturated heterocycles. The Hall–Kier alpha value is -1.72. The molecule has 3 nitrogen and oxygen atoms in total. The van der Waals surface area contributed by atoms with Gasteiger partial charge >= 0.3 is 12.1 Å². The molecule has 0 spiro atoms. The number of methoxy groups -OCH3 is 1. The molecule has 0 aliphatic carbocycles. The third kappa shape index (κ3) is 3.00. The van der Waals surface area contributed by atoms with E-state index in [1.165, 1.54) is 13.2 Å². The fourth-order valence-corrected chi connectivity index (χ4v) is 2.24. The third-order valence-electron chi connectivity index (χ3n) is 3.28. The van der Waals surface area contributed by atoms with Crippen LogP contribution >= 0.6 is 0 Å². The van der Waals surface area contributed by atoms with Crippen molar-refractivity contribution >= 4 is 11.7 Å². The predicted molar refractivity (Wildman–Crippen MR) is 63.9 cm³/mol. The first kappa shape index (κ1) is 13.7. The van der Waals surface area contributed by atoms with Gasteiger partial charge in [-0.25, -0.2) is 0 Å². The maximum Gasteiger partial charge on any atom is 0.416 e. The molecule has 104 valence electrons. The van der Waals surface area contributed by atoms with E-state index in [1.807, 2.05) is 0 Å². The number of rotatable bonds is 3. The first-order valence-corrected chi connectivity index (χ1v) is 5.93. The van der Waals surface area contributed by atoms with Crippen LogP contribution in [0.25, 0.3) is 0 Å². The normalized spacial score (nSPS) is 17.8. The molecule has 1 heterocycles. The van der Waals surface area contributed by atoms with Gasteiger partial charge in [-0.15, -0.1) is 0 Å². The standard InChI is InChI=1S/C13H14F3NO2/c1-19-12(18)5-2-8-7-17-11-6-9(13(14,15)16)3-4-10(8)11/h3-4,6,8,17H,2,5,7H2,1H3. The Labute approximate surface area is 108 Å². The Kier molecular flexibility index (Phi) is 3.68. The Morgan fingerprint density at radius 3 is 2.84 bits per heavy atom. The molecule has 0 fully saturated rings. The van der Waals surface area contributed by atoms with Crippen LogP contribution in [0, 0.1) is 0 Å². The number of hydrogen-bond donors (Lipinski definition) is 1. The molecule has 0 aromatic heterocycles. The van der Waals surface area contributed by atoms with Gasteiger partial charge in [0.1, 0.15) is 0 Å². The van der Waals surface area contributed by atoms with E-state index in [4.69, 9.17) is 0 Å². The van der Waals surface area contributed by atoms with Crippen LogP contribution < -0.4 is 5.32 Å². The summed E-state index contributed by atoms with van der Waals surface area (Å²) >= 11 is 0. The predicted octanol–water partition coefficient (Wildman–Crippen LogP) is 3.17. The van der Waals surface area contributed by atoms with Gasteiger partial charge in [0.15, 0.2) is 0 Å². The third-order valence-corrected chi connectivity index (χ3v) is 3.28. The number of hydrogen-bond acceptors (Lipinski definition) is 3. The first-order valence-electron chi connectivity index (χ1n) is 5.93. The van der Waals surface area contributed by atoms with E-state index in [0.717, 1.165) is 17.7 Å². The van der Waals surface area contributed by atoms with Crippen molar-refractivity contribution < 1.29 is 22.7 Å². The lowest BCUT2D eigenvalue weighted by Crippen LogP contribution is -2.07.